The number of hydrogen-bond donors (Lipinski definition) is 0. The van der Waals surface area contributed by atoms with Crippen molar-refractivity contribution in [1.82, 2.24) is 9.80 Å². The second-order valence-corrected chi connectivity index (χ2v) is 6.62. The Kier molecular flexibility index (Phi) is 6.06. The predicted octanol–water partition coefficient (Wildman–Crippen LogP) is 2.92. The van der Waals surface area contributed by atoms with E-state index in [0.29, 0.717) is 0 Å². The first-order valence-electron chi connectivity index (χ1n) is 8.35. The number of hydrogen-bond acceptors (Lipinski definition) is 3. The molecule has 0 N–H and O–H groups in total. The molecule has 0 bridgehead atoms. The van der Waals surface area contributed by atoms with Crippen LogP contribution in [0.3, 0.4) is 0 Å². The minimum atomic E-state index is 0.175. The average Bonchev–Trinajstić information content (AvgIpc) is 2.49. The lowest BCUT2D eigenvalue weighted by atomic mass is 9.88. The SMILES string of the molecule is C/C=C(\CCN1CCCCC1)C(C)(C)N1CCOCC1. The molecule has 0 aliphatic carbocycles. The summed E-state index contributed by atoms with van der Waals surface area (Å²) in [4.78, 5) is 5.23. The molecule has 0 spiro atoms. The summed E-state index contributed by atoms with van der Waals surface area (Å²) < 4.78 is 5.49. The molecule has 0 aromatic heterocycles. The van der Waals surface area contributed by atoms with Gasteiger partial charge in [0.25, 0.3) is 0 Å². The third-order valence-electron chi connectivity index (χ3n) is 5.08. The summed E-state index contributed by atoms with van der Waals surface area (Å²) in [5.74, 6) is 0. The summed E-state index contributed by atoms with van der Waals surface area (Å²) in [6.45, 7) is 14.7. The van der Waals surface area contributed by atoms with Crippen LogP contribution >= 0.6 is 0 Å². The van der Waals surface area contributed by atoms with Gasteiger partial charge in [-0.05, 0) is 53.1 Å². The van der Waals surface area contributed by atoms with Gasteiger partial charge in [0.15, 0.2) is 0 Å². The quantitative estimate of drug-likeness (QED) is 0.720. The van der Waals surface area contributed by atoms with Crippen molar-refractivity contribution in [2.75, 3.05) is 45.9 Å². The summed E-state index contributed by atoms with van der Waals surface area (Å²) in [6.07, 6.45) is 7.75. The molecule has 2 rings (SSSR count). The Balaban J connectivity index is 1.88. The van der Waals surface area contributed by atoms with Crippen LogP contribution in [-0.4, -0.2) is 61.3 Å². The molecule has 2 saturated heterocycles. The van der Waals surface area contributed by atoms with E-state index < -0.39 is 0 Å². The lowest BCUT2D eigenvalue weighted by molar-refractivity contribution is 0.000174. The molecule has 0 saturated carbocycles. The minimum Gasteiger partial charge on any atom is -0.379 e. The van der Waals surface area contributed by atoms with E-state index in [-0.39, 0.29) is 5.54 Å². The van der Waals surface area contributed by atoms with Crippen molar-refractivity contribution >= 4 is 0 Å². The van der Waals surface area contributed by atoms with Gasteiger partial charge in [0, 0.05) is 25.2 Å². The number of piperidine rings is 1. The van der Waals surface area contributed by atoms with Crippen LogP contribution in [0.5, 0.6) is 0 Å². The zero-order chi connectivity index (χ0) is 14.4. The van der Waals surface area contributed by atoms with E-state index >= 15 is 0 Å². The summed E-state index contributed by atoms with van der Waals surface area (Å²) in [6, 6.07) is 0. The molecule has 20 heavy (non-hydrogen) atoms. The topological polar surface area (TPSA) is 15.7 Å². The molecule has 2 aliphatic heterocycles. The van der Waals surface area contributed by atoms with Crippen molar-refractivity contribution in [2.24, 2.45) is 0 Å². The minimum absolute atomic E-state index is 0.175. The molecule has 0 aromatic carbocycles. The van der Waals surface area contributed by atoms with Crippen molar-refractivity contribution < 1.29 is 4.74 Å². The first-order chi connectivity index (χ1) is 9.64. The van der Waals surface area contributed by atoms with Gasteiger partial charge < -0.3 is 9.64 Å². The zero-order valence-corrected chi connectivity index (χ0v) is 13.7. The lowest BCUT2D eigenvalue weighted by Gasteiger charge is -2.43. The first-order valence-corrected chi connectivity index (χ1v) is 8.35. The molecular formula is C17H32N2O. The van der Waals surface area contributed by atoms with Crippen LogP contribution in [0.2, 0.25) is 0 Å². The molecule has 0 atom stereocenters. The van der Waals surface area contributed by atoms with Crippen molar-refractivity contribution in [3.05, 3.63) is 11.6 Å². The smallest absolute Gasteiger partial charge is 0.0594 e. The summed E-state index contributed by atoms with van der Waals surface area (Å²) in [7, 11) is 0. The zero-order valence-electron chi connectivity index (χ0n) is 13.7. The standard InChI is InChI=1S/C17H32N2O/c1-4-16(8-11-18-9-6-5-7-10-18)17(2,3)19-12-14-20-15-13-19/h4H,5-15H2,1-3H3/b16-4+. The maximum absolute atomic E-state index is 5.49. The van der Waals surface area contributed by atoms with Crippen LogP contribution in [0.4, 0.5) is 0 Å². The van der Waals surface area contributed by atoms with Gasteiger partial charge in [0.05, 0.1) is 13.2 Å². The van der Waals surface area contributed by atoms with Crippen molar-refractivity contribution in [3.63, 3.8) is 0 Å². The second-order valence-electron chi connectivity index (χ2n) is 6.62. The van der Waals surface area contributed by atoms with Gasteiger partial charge in [-0.25, -0.2) is 0 Å². The normalized spacial score (nSPS) is 24.1. The molecule has 0 unspecified atom stereocenters. The summed E-state index contributed by atoms with van der Waals surface area (Å²) in [5, 5.41) is 0. The van der Waals surface area contributed by atoms with Crippen LogP contribution in [-0.2, 0) is 4.74 Å². The fourth-order valence-electron chi connectivity index (χ4n) is 3.59. The van der Waals surface area contributed by atoms with Gasteiger partial charge in [-0.1, -0.05) is 18.1 Å². The Labute approximate surface area is 125 Å². The van der Waals surface area contributed by atoms with E-state index in [9.17, 15) is 0 Å². The number of rotatable bonds is 5. The third-order valence-corrected chi connectivity index (χ3v) is 5.08. The van der Waals surface area contributed by atoms with Crippen molar-refractivity contribution in [2.45, 2.75) is 52.0 Å². The van der Waals surface area contributed by atoms with Gasteiger partial charge in [0.2, 0.25) is 0 Å². The Morgan fingerprint density at radius 2 is 1.70 bits per heavy atom. The van der Waals surface area contributed by atoms with Crippen LogP contribution in [0.25, 0.3) is 0 Å². The number of allylic oxidation sites excluding steroid dienone is 1. The number of likely N-dealkylation sites (tertiary alicyclic amines) is 1. The average molecular weight is 280 g/mol. The lowest BCUT2D eigenvalue weighted by Crippen LogP contribution is -2.51. The largest absolute Gasteiger partial charge is 0.379 e. The fourth-order valence-corrected chi connectivity index (χ4v) is 3.59. The second kappa shape index (κ2) is 7.58. The van der Waals surface area contributed by atoms with Crippen LogP contribution in [0.15, 0.2) is 11.6 Å². The number of nitrogens with zero attached hydrogens (tertiary/aromatic N) is 2. The van der Waals surface area contributed by atoms with E-state index in [1.54, 1.807) is 5.57 Å². The molecule has 0 amide bonds. The van der Waals surface area contributed by atoms with Gasteiger partial charge in [0.1, 0.15) is 0 Å². The molecular weight excluding hydrogens is 248 g/mol. The Hall–Kier alpha value is -0.380. The van der Waals surface area contributed by atoms with E-state index in [2.05, 4.69) is 36.6 Å². The highest BCUT2D eigenvalue weighted by Gasteiger charge is 2.31. The molecule has 116 valence electrons. The fraction of sp³-hybridized carbons (Fsp3) is 0.882. The predicted molar refractivity (Wildman–Crippen MR) is 85.1 cm³/mol. The van der Waals surface area contributed by atoms with E-state index in [0.717, 1.165) is 26.3 Å². The highest BCUT2D eigenvalue weighted by Crippen LogP contribution is 2.28. The van der Waals surface area contributed by atoms with Crippen LogP contribution in [0, 0.1) is 0 Å². The highest BCUT2D eigenvalue weighted by molar-refractivity contribution is 5.18. The third kappa shape index (κ3) is 4.06. The Morgan fingerprint density at radius 1 is 1.05 bits per heavy atom. The maximum atomic E-state index is 5.49. The van der Waals surface area contributed by atoms with Gasteiger partial charge in [-0.2, -0.15) is 0 Å². The van der Waals surface area contributed by atoms with Gasteiger partial charge >= 0.3 is 0 Å². The van der Waals surface area contributed by atoms with Crippen molar-refractivity contribution in [1.29, 1.82) is 0 Å². The molecule has 2 heterocycles. The molecule has 2 aliphatic rings. The van der Waals surface area contributed by atoms with Crippen LogP contribution in [0.1, 0.15) is 46.5 Å². The number of ether oxygens (including phenoxy) is 1. The number of morpholine rings is 1. The van der Waals surface area contributed by atoms with E-state index in [1.165, 1.54) is 45.3 Å². The van der Waals surface area contributed by atoms with E-state index in [1.807, 2.05) is 0 Å². The van der Waals surface area contributed by atoms with Gasteiger partial charge in [-0.15, -0.1) is 0 Å². The highest BCUT2D eigenvalue weighted by atomic mass is 16.5. The maximum Gasteiger partial charge on any atom is 0.0594 e. The Bertz CT molecular complexity index is 313. The van der Waals surface area contributed by atoms with Gasteiger partial charge in [-0.3, -0.25) is 4.90 Å². The van der Waals surface area contributed by atoms with Crippen molar-refractivity contribution in [3.8, 4) is 0 Å². The molecule has 3 nitrogen and oxygen atoms in total. The summed E-state index contributed by atoms with van der Waals surface area (Å²) in [5.41, 5.74) is 1.76. The molecule has 2 fully saturated rings. The molecule has 3 heteroatoms. The monoisotopic (exact) mass is 280 g/mol. The summed E-state index contributed by atoms with van der Waals surface area (Å²) >= 11 is 0. The van der Waals surface area contributed by atoms with Crippen LogP contribution < -0.4 is 0 Å². The Morgan fingerprint density at radius 3 is 2.30 bits per heavy atom. The molecule has 0 radical (unpaired) electrons. The first kappa shape index (κ1) is 16.0. The van der Waals surface area contributed by atoms with E-state index in [4.69, 9.17) is 4.74 Å². The molecule has 0 aromatic rings.